The number of rotatable bonds is 4. The maximum atomic E-state index is 12.6. The number of hydrogen-bond donors (Lipinski definition) is 0. The van der Waals surface area contributed by atoms with Gasteiger partial charge in [0.15, 0.2) is 5.15 Å². The van der Waals surface area contributed by atoms with E-state index in [-0.39, 0.29) is 16.0 Å². The normalized spacial score (nSPS) is 11.7. The Morgan fingerprint density at radius 2 is 1.93 bits per heavy atom. The fourth-order valence-corrected chi connectivity index (χ4v) is 2.09. The van der Waals surface area contributed by atoms with Crippen LogP contribution in [-0.2, 0) is 11.9 Å². The lowest BCUT2D eigenvalue weighted by Gasteiger charge is -2.06. The van der Waals surface area contributed by atoms with Crippen molar-refractivity contribution >= 4 is 27.5 Å². The zero-order chi connectivity index (χ0) is 11.6. The molecule has 0 spiro atoms. The van der Waals surface area contributed by atoms with Gasteiger partial charge in [-0.2, -0.15) is 5.10 Å². The number of aromatic nitrogens is 2. The van der Waals surface area contributed by atoms with E-state index >= 15 is 0 Å². The summed E-state index contributed by atoms with van der Waals surface area (Å²) in [5, 5.41) is 3.31. The first-order valence-corrected chi connectivity index (χ1v) is 5.34. The van der Waals surface area contributed by atoms with Crippen LogP contribution in [0.25, 0.3) is 0 Å². The van der Waals surface area contributed by atoms with Gasteiger partial charge in [0.2, 0.25) is 0 Å². The molecule has 0 saturated heterocycles. The Morgan fingerprint density at radius 3 is 2.33 bits per heavy atom. The van der Waals surface area contributed by atoms with Gasteiger partial charge < -0.3 is 0 Å². The minimum absolute atomic E-state index is 0.0484. The predicted octanol–water partition coefficient (Wildman–Crippen LogP) is 3.63. The monoisotopic (exact) mass is 308 g/mol. The van der Waals surface area contributed by atoms with Crippen molar-refractivity contribution in [1.82, 2.24) is 9.78 Å². The van der Waals surface area contributed by atoms with Crippen LogP contribution in [0.5, 0.6) is 0 Å². The fraction of sp³-hybridized carbons (Fsp3) is 0.571. The van der Waals surface area contributed by atoms with E-state index < -0.39 is 25.1 Å². The maximum Gasteiger partial charge on any atom is 0.280 e. The summed E-state index contributed by atoms with van der Waals surface area (Å²) in [5.74, 6) is 0. The molecule has 0 aliphatic carbocycles. The topological polar surface area (TPSA) is 17.8 Å². The van der Waals surface area contributed by atoms with E-state index in [4.69, 9.17) is 11.6 Å². The van der Waals surface area contributed by atoms with Crippen LogP contribution in [0.1, 0.15) is 17.7 Å². The van der Waals surface area contributed by atoms with Crippen LogP contribution in [-0.4, -0.2) is 16.2 Å². The van der Waals surface area contributed by atoms with Crippen LogP contribution in [0.4, 0.5) is 17.6 Å². The van der Waals surface area contributed by atoms with E-state index in [1.807, 2.05) is 0 Å². The van der Waals surface area contributed by atoms with Crippen molar-refractivity contribution in [1.29, 1.82) is 0 Å². The van der Waals surface area contributed by atoms with Crippen molar-refractivity contribution in [2.45, 2.75) is 24.7 Å². The number of halogens is 6. The summed E-state index contributed by atoms with van der Waals surface area (Å²) in [4.78, 5) is 0. The molecular formula is C7H6BrClF4N2. The minimum atomic E-state index is -2.88. The second-order valence-electron chi connectivity index (χ2n) is 2.66. The zero-order valence-corrected chi connectivity index (χ0v) is 9.57. The second-order valence-corrected chi connectivity index (χ2v) is 3.58. The molecule has 0 N–H and O–H groups in total. The van der Waals surface area contributed by atoms with Crippen molar-refractivity contribution < 1.29 is 17.6 Å². The molecule has 1 heterocycles. The van der Waals surface area contributed by atoms with E-state index in [1.54, 1.807) is 0 Å². The number of alkyl halides is 5. The van der Waals surface area contributed by atoms with E-state index in [1.165, 1.54) is 0 Å². The predicted molar refractivity (Wildman–Crippen MR) is 50.8 cm³/mol. The summed E-state index contributed by atoms with van der Waals surface area (Å²) >= 11 is 8.49. The zero-order valence-electron chi connectivity index (χ0n) is 7.23. The van der Waals surface area contributed by atoms with Gasteiger partial charge in [-0.1, -0.05) is 27.5 Å². The summed E-state index contributed by atoms with van der Waals surface area (Å²) in [7, 11) is 0. The van der Waals surface area contributed by atoms with Gasteiger partial charge in [-0.15, -0.1) is 0 Å². The molecule has 1 rings (SSSR count). The quantitative estimate of drug-likeness (QED) is 0.613. The highest BCUT2D eigenvalue weighted by Crippen LogP contribution is 2.30. The Bertz CT molecular complexity index is 342. The molecule has 0 unspecified atom stereocenters. The first-order valence-electron chi connectivity index (χ1n) is 3.84. The molecule has 0 amide bonds. The minimum Gasteiger partial charge on any atom is -0.256 e. The van der Waals surface area contributed by atoms with Crippen molar-refractivity contribution in [3.8, 4) is 0 Å². The molecule has 0 atom stereocenters. The van der Waals surface area contributed by atoms with Gasteiger partial charge in [0, 0.05) is 10.9 Å². The first-order chi connectivity index (χ1) is 6.97. The highest BCUT2D eigenvalue weighted by molar-refractivity contribution is 9.08. The lowest BCUT2D eigenvalue weighted by Crippen LogP contribution is -2.12. The number of hydrogen-bond acceptors (Lipinski definition) is 1. The van der Waals surface area contributed by atoms with E-state index in [9.17, 15) is 17.6 Å². The molecule has 0 radical (unpaired) electrons. The summed E-state index contributed by atoms with van der Waals surface area (Å²) in [6.07, 6.45) is -5.63. The molecule has 8 heteroatoms. The molecule has 1 aromatic rings. The number of nitrogens with zero attached hydrogens (tertiary/aromatic N) is 2. The van der Waals surface area contributed by atoms with Crippen molar-refractivity contribution in [3.05, 3.63) is 16.4 Å². The molecule has 0 bridgehead atoms. The van der Waals surface area contributed by atoms with Crippen LogP contribution in [0, 0.1) is 0 Å². The molecule has 0 saturated carbocycles. The molecule has 0 fully saturated rings. The van der Waals surface area contributed by atoms with Gasteiger partial charge in [-0.3, -0.25) is 4.68 Å². The first kappa shape index (κ1) is 12.8. The molecule has 86 valence electrons. The van der Waals surface area contributed by atoms with E-state index in [0.29, 0.717) is 4.68 Å². The molecule has 0 aromatic carbocycles. The summed E-state index contributed by atoms with van der Waals surface area (Å²) in [6, 6.07) is 0. The molecule has 1 aromatic heterocycles. The lowest BCUT2D eigenvalue weighted by atomic mass is 10.3. The highest BCUT2D eigenvalue weighted by atomic mass is 79.9. The van der Waals surface area contributed by atoms with Crippen LogP contribution in [0.3, 0.4) is 0 Å². The van der Waals surface area contributed by atoms with E-state index in [0.717, 1.165) is 0 Å². The third-order valence-electron chi connectivity index (χ3n) is 1.70. The molecular weight excluding hydrogens is 303 g/mol. The molecule has 15 heavy (non-hydrogen) atoms. The van der Waals surface area contributed by atoms with Crippen molar-refractivity contribution in [2.24, 2.45) is 0 Å². The van der Waals surface area contributed by atoms with Crippen LogP contribution in [0.2, 0.25) is 5.15 Å². The van der Waals surface area contributed by atoms with Crippen LogP contribution in [0.15, 0.2) is 0 Å². The van der Waals surface area contributed by atoms with Crippen molar-refractivity contribution in [2.75, 3.05) is 0 Å². The average Bonchev–Trinajstić information content (AvgIpc) is 2.40. The van der Waals surface area contributed by atoms with E-state index in [2.05, 4.69) is 21.0 Å². The SMILES string of the molecule is FC(F)Cn1nc(Cl)c(CBr)c1C(F)F. The third kappa shape index (κ3) is 2.84. The highest BCUT2D eigenvalue weighted by Gasteiger charge is 2.24. The van der Waals surface area contributed by atoms with Gasteiger partial charge >= 0.3 is 0 Å². The molecule has 0 aliphatic rings. The van der Waals surface area contributed by atoms with Gasteiger partial charge in [-0.25, -0.2) is 17.6 Å². The second kappa shape index (κ2) is 5.16. The van der Waals surface area contributed by atoms with Crippen LogP contribution >= 0.6 is 27.5 Å². The smallest absolute Gasteiger partial charge is 0.256 e. The standard InChI is InChI=1S/C7H6BrClF4N2/c8-1-3-5(7(12)13)15(2-4(10)11)14-6(3)9/h4,7H,1-2H2. The molecule has 2 nitrogen and oxygen atoms in total. The fourth-order valence-electron chi connectivity index (χ4n) is 1.12. The largest absolute Gasteiger partial charge is 0.280 e. The summed E-state index contributed by atoms with van der Waals surface area (Å²) < 4.78 is 49.8. The maximum absolute atomic E-state index is 12.6. The third-order valence-corrected chi connectivity index (χ3v) is 2.56. The van der Waals surface area contributed by atoms with Crippen LogP contribution < -0.4 is 0 Å². The Hall–Kier alpha value is -0.300. The van der Waals surface area contributed by atoms with Gasteiger partial charge in [0.05, 0.1) is 0 Å². The van der Waals surface area contributed by atoms with Gasteiger partial charge in [0.25, 0.3) is 12.9 Å². The summed E-state index contributed by atoms with van der Waals surface area (Å²) in [5.41, 5.74) is -0.510. The Labute approximate surface area is 96.3 Å². The van der Waals surface area contributed by atoms with Gasteiger partial charge in [0.1, 0.15) is 12.2 Å². The summed E-state index contributed by atoms with van der Waals surface area (Å²) in [6.45, 7) is -0.883. The Kier molecular flexibility index (Phi) is 4.39. The van der Waals surface area contributed by atoms with Crippen molar-refractivity contribution in [3.63, 3.8) is 0 Å². The molecule has 0 aliphatic heterocycles. The Morgan fingerprint density at radius 1 is 1.33 bits per heavy atom. The Balaban J connectivity index is 3.15. The average molecular weight is 309 g/mol. The van der Waals surface area contributed by atoms with Gasteiger partial charge in [-0.05, 0) is 0 Å². The lowest BCUT2D eigenvalue weighted by molar-refractivity contribution is 0.103.